The number of benzene rings is 2. The SMILES string of the molecule is Cc1cc(NC(C)C(=O)Nc2ccc(S(N)(=O)=O)cc2)ccc1Br. The predicted molar refractivity (Wildman–Crippen MR) is 98.4 cm³/mol. The molecule has 0 aliphatic carbocycles. The van der Waals surface area contributed by atoms with E-state index < -0.39 is 16.1 Å². The van der Waals surface area contributed by atoms with Crippen LogP contribution in [0.4, 0.5) is 11.4 Å². The number of nitrogens with two attached hydrogens (primary N) is 1. The lowest BCUT2D eigenvalue weighted by atomic mass is 10.2. The van der Waals surface area contributed by atoms with Crippen molar-refractivity contribution < 1.29 is 13.2 Å². The lowest BCUT2D eigenvalue weighted by molar-refractivity contribution is -0.116. The molecular weight excluding hydrogens is 394 g/mol. The van der Waals surface area contributed by atoms with Gasteiger partial charge in [0.2, 0.25) is 15.9 Å². The Bertz CT molecular complexity index is 851. The Hall–Kier alpha value is -1.90. The standard InChI is InChI=1S/C16H18BrN3O3S/c1-10-9-13(5-8-15(10)17)19-11(2)16(21)20-12-3-6-14(7-4-12)24(18,22)23/h3-9,11,19H,1-2H3,(H,20,21)(H2,18,22,23). The summed E-state index contributed by atoms with van der Waals surface area (Å²) in [6, 6.07) is 10.9. The fourth-order valence-corrected chi connectivity index (χ4v) is 2.79. The highest BCUT2D eigenvalue weighted by Gasteiger charge is 2.14. The molecule has 0 aliphatic heterocycles. The summed E-state index contributed by atoms with van der Waals surface area (Å²) in [6.07, 6.45) is 0. The van der Waals surface area contributed by atoms with Gasteiger partial charge in [0.15, 0.2) is 0 Å². The highest BCUT2D eigenvalue weighted by Crippen LogP contribution is 2.21. The van der Waals surface area contributed by atoms with E-state index in [0.29, 0.717) is 5.69 Å². The number of hydrogen-bond acceptors (Lipinski definition) is 4. The largest absolute Gasteiger partial charge is 0.374 e. The Balaban J connectivity index is 2.02. The maximum atomic E-state index is 12.2. The van der Waals surface area contributed by atoms with E-state index in [1.54, 1.807) is 6.92 Å². The minimum absolute atomic E-state index is 0.00277. The van der Waals surface area contributed by atoms with Crippen LogP contribution in [0.25, 0.3) is 0 Å². The first-order valence-electron chi connectivity index (χ1n) is 7.13. The molecule has 0 spiro atoms. The number of amides is 1. The minimum Gasteiger partial charge on any atom is -0.374 e. The van der Waals surface area contributed by atoms with E-state index in [0.717, 1.165) is 15.7 Å². The van der Waals surface area contributed by atoms with Crippen LogP contribution in [0.1, 0.15) is 12.5 Å². The van der Waals surface area contributed by atoms with E-state index in [9.17, 15) is 13.2 Å². The van der Waals surface area contributed by atoms with Gasteiger partial charge in [-0.05, 0) is 61.9 Å². The quantitative estimate of drug-likeness (QED) is 0.703. The van der Waals surface area contributed by atoms with E-state index in [2.05, 4.69) is 26.6 Å². The van der Waals surface area contributed by atoms with Crippen molar-refractivity contribution in [2.45, 2.75) is 24.8 Å². The van der Waals surface area contributed by atoms with E-state index in [1.165, 1.54) is 24.3 Å². The average Bonchev–Trinajstić information content (AvgIpc) is 2.50. The third-order valence-electron chi connectivity index (χ3n) is 3.38. The topological polar surface area (TPSA) is 101 Å². The molecule has 0 aromatic heterocycles. The molecule has 2 aromatic rings. The fraction of sp³-hybridized carbons (Fsp3) is 0.188. The lowest BCUT2D eigenvalue weighted by Crippen LogP contribution is -2.31. The number of halogens is 1. The van der Waals surface area contributed by atoms with Crippen LogP contribution >= 0.6 is 15.9 Å². The molecule has 0 heterocycles. The average molecular weight is 412 g/mol. The summed E-state index contributed by atoms with van der Waals surface area (Å²) in [4.78, 5) is 12.2. The van der Waals surface area contributed by atoms with Gasteiger partial charge in [-0.2, -0.15) is 0 Å². The van der Waals surface area contributed by atoms with Gasteiger partial charge in [-0.1, -0.05) is 15.9 Å². The van der Waals surface area contributed by atoms with E-state index in [1.807, 2.05) is 25.1 Å². The van der Waals surface area contributed by atoms with Crippen LogP contribution in [0.15, 0.2) is 51.8 Å². The second-order valence-corrected chi connectivity index (χ2v) is 7.80. The third-order valence-corrected chi connectivity index (χ3v) is 5.20. The molecular formula is C16H18BrN3O3S. The third kappa shape index (κ3) is 4.80. The summed E-state index contributed by atoms with van der Waals surface area (Å²) in [5, 5.41) is 10.9. The fourth-order valence-electron chi connectivity index (χ4n) is 2.03. The van der Waals surface area contributed by atoms with Gasteiger partial charge >= 0.3 is 0 Å². The number of primary sulfonamides is 1. The summed E-state index contributed by atoms with van der Waals surface area (Å²) in [7, 11) is -3.74. The molecule has 2 aromatic carbocycles. The number of rotatable bonds is 5. The molecule has 8 heteroatoms. The van der Waals surface area contributed by atoms with Gasteiger partial charge in [0.1, 0.15) is 6.04 Å². The molecule has 4 N–H and O–H groups in total. The molecule has 1 amide bonds. The number of carbonyl (C=O) groups is 1. The van der Waals surface area contributed by atoms with Crippen LogP contribution in [0.3, 0.4) is 0 Å². The van der Waals surface area contributed by atoms with Crippen LogP contribution in [0.5, 0.6) is 0 Å². The van der Waals surface area contributed by atoms with Crippen molar-refractivity contribution >= 4 is 43.2 Å². The molecule has 0 saturated carbocycles. The number of nitrogens with one attached hydrogen (secondary N) is 2. The van der Waals surface area contributed by atoms with Crippen molar-refractivity contribution in [3.63, 3.8) is 0 Å². The summed E-state index contributed by atoms with van der Waals surface area (Å²) in [5.74, 6) is -0.237. The zero-order valence-corrected chi connectivity index (χ0v) is 15.6. The van der Waals surface area contributed by atoms with Crippen molar-refractivity contribution in [3.8, 4) is 0 Å². The molecule has 128 valence electrons. The highest BCUT2D eigenvalue weighted by atomic mass is 79.9. The summed E-state index contributed by atoms with van der Waals surface area (Å²) >= 11 is 3.43. The lowest BCUT2D eigenvalue weighted by Gasteiger charge is -2.16. The van der Waals surface area contributed by atoms with Crippen LogP contribution in [-0.2, 0) is 14.8 Å². The van der Waals surface area contributed by atoms with Gasteiger partial charge in [0.25, 0.3) is 0 Å². The van der Waals surface area contributed by atoms with Crippen LogP contribution in [0.2, 0.25) is 0 Å². The molecule has 6 nitrogen and oxygen atoms in total. The second kappa shape index (κ2) is 7.33. The molecule has 24 heavy (non-hydrogen) atoms. The first kappa shape index (κ1) is 18.4. The van der Waals surface area contributed by atoms with E-state index >= 15 is 0 Å². The first-order chi connectivity index (χ1) is 11.2. The van der Waals surface area contributed by atoms with Crippen molar-refractivity contribution in [1.29, 1.82) is 0 Å². The molecule has 0 bridgehead atoms. The van der Waals surface area contributed by atoms with Crippen molar-refractivity contribution in [2.24, 2.45) is 5.14 Å². The van der Waals surface area contributed by atoms with Gasteiger partial charge in [0, 0.05) is 15.8 Å². The van der Waals surface area contributed by atoms with Crippen molar-refractivity contribution in [3.05, 3.63) is 52.5 Å². The zero-order chi connectivity index (χ0) is 17.9. The number of anilines is 2. The smallest absolute Gasteiger partial charge is 0.246 e. The maximum Gasteiger partial charge on any atom is 0.246 e. The molecule has 1 unspecified atom stereocenters. The number of sulfonamides is 1. The predicted octanol–water partition coefficient (Wildman–Crippen LogP) is 2.84. The number of carbonyl (C=O) groups excluding carboxylic acids is 1. The minimum atomic E-state index is -3.74. The van der Waals surface area contributed by atoms with Crippen LogP contribution < -0.4 is 15.8 Å². The molecule has 0 saturated heterocycles. The van der Waals surface area contributed by atoms with Crippen LogP contribution in [-0.4, -0.2) is 20.4 Å². The van der Waals surface area contributed by atoms with Crippen LogP contribution in [0, 0.1) is 6.92 Å². The van der Waals surface area contributed by atoms with Gasteiger partial charge in [0.05, 0.1) is 4.90 Å². The molecule has 2 rings (SSSR count). The van der Waals surface area contributed by atoms with Gasteiger partial charge in [-0.15, -0.1) is 0 Å². The molecule has 1 atom stereocenters. The Morgan fingerprint density at radius 3 is 2.25 bits per heavy atom. The van der Waals surface area contributed by atoms with Gasteiger partial charge in [-0.3, -0.25) is 4.79 Å². The zero-order valence-electron chi connectivity index (χ0n) is 13.2. The second-order valence-electron chi connectivity index (χ2n) is 5.39. The van der Waals surface area contributed by atoms with Gasteiger partial charge < -0.3 is 10.6 Å². The summed E-state index contributed by atoms with van der Waals surface area (Å²) in [6.45, 7) is 3.71. The maximum absolute atomic E-state index is 12.2. The van der Waals surface area contributed by atoms with Crippen molar-refractivity contribution in [1.82, 2.24) is 0 Å². The Morgan fingerprint density at radius 1 is 1.12 bits per heavy atom. The number of hydrogen-bond donors (Lipinski definition) is 3. The Morgan fingerprint density at radius 2 is 1.71 bits per heavy atom. The normalized spacial score (nSPS) is 12.5. The Kier molecular flexibility index (Phi) is 5.63. The summed E-state index contributed by atoms with van der Waals surface area (Å²) < 4.78 is 23.4. The Labute approximate surface area is 149 Å². The van der Waals surface area contributed by atoms with E-state index in [-0.39, 0.29) is 10.8 Å². The highest BCUT2D eigenvalue weighted by molar-refractivity contribution is 9.10. The van der Waals surface area contributed by atoms with E-state index in [4.69, 9.17) is 5.14 Å². The monoisotopic (exact) mass is 411 g/mol. The van der Waals surface area contributed by atoms with Crippen molar-refractivity contribution in [2.75, 3.05) is 10.6 Å². The molecule has 0 aliphatic rings. The first-order valence-corrected chi connectivity index (χ1v) is 9.47. The molecule has 0 radical (unpaired) electrons. The van der Waals surface area contributed by atoms with Gasteiger partial charge in [-0.25, -0.2) is 13.6 Å². The summed E-state index contributed by atoms with van der Waals surface area (Å²) in [5.41, 5.74) is 2.39. The number of aryl methyl sites for hydroxylation is 1. The molecule has 0 fully saturated rings.